The molecule has 0 saturated heterocycles. The van der Waals surface area contributed by atoms with Gasteiger partial charge in [-0.15, -0.1) is 0 Å². The molecule has 1 heteroatoms. The van der Waals surface area contributed by atoms with E-state index in [4.69, 9.17) is 0 Å². The van der Waals surface area contributed by atoms with E-state index in [2.05, 4.69) is 50.5 Å². The lowest BCUT2D eigenvalue weighted by atomic mass is 9.77. The maximum atomic E-state index is 4.01. The Morgan fingerprint density at radius 1 is 1.08 bits per heavy atom. The molecular weight excluding hydrogens is 415 g/mol. The van der Waals surface area contributed by atoms with Gasteiger partial charge in [0.2, 0.25) is 0 Å². The summed E-state index contributed by atoms with van der Waals surface area (Å²) in [6, 6.07) is 0. The van der Waals surface area contributed by atoms with Crippen molar-refractivity contribution in [3.63, 3.8) is 0 Å². The molecule has 1 heterocycles. The molecule has 0 bridgehead atoms. The minimum absolute atomic E-state index is 0.264. The van der Waals surface area contributed by atoms with Gasteiger partial charge in [-0.1, -0.05) is 63.1 Å². The quantitative estimate of drug-likeness (QED) is 0.269. The highest BCUT2D eigenvalue weighted by atomic mass is 127. The minimum Gasteiger partial charge on any atom is -0.0958 e. The first kappa shape index (κ1) is 20.9. The molecule has 1 aliphatic carbocycles. The van der Waals surface area contributed by atoms with Gasteiger partial charge in [0.15, 0.2) is 0 Å². The average molecular weight is 452 g/mol. The SMILES string of the molecule is C=C(C)/C(C)=C/C=C(\C)CC1CCC(CC2=IC=C(CC)CC2)CC1. The summed E-state index contributed by atoms with van der Waals surface area (Å²) >= 11 is 0.264. The summed E-state index contributed by atoms with van der Waals surface area (Å²) in [5.41, 5.74) is 5.75. The summed E-state index contributed by atoms with van der Waals surface area (Å²) in [6.45, 7) is 12.9. The third kappa shape index (κ3) is 7.37. The molecule has 140 valence electrons. The van der Waals surface area contributed by atoms with Crippen LogP contribution in [0.3, 0.4) is 0 Å². The minimum atomic E-state index is 0.264. The summed E-state index contributed by atoms with van der Waals surface area (Å²) < 4.78 is 4.56. The third-order valence-electron chi connectivity index (χ3n) is 5.91. The van der Waals surface area contributed by atoms with Crippen molar-refractivity contribution >= 4 is 24.2 Å². The van der Waals surface area contributed by atoms with E-state index in [1.165, 1.54) is 74.5 Å². The summed E-state index contributed by atoms with van der Waals surface area (Å²) in [6.07, 6.45) is 17.2. The first-order chi connectivity index (χ1) is 12.0. The molecule has 0 atom stereocenters. The molecule has 1 aliphatic heterocycles. The molecular formula is C24H37I. The van der Waals surface area contributed by atoms with Crippen molar-refractivity contribution in [1.82, 2.24) is 0 Å². The van der Waals surface area contributed by atoms with Gasteiger partial charge in [-0.3, -0.25) is 0 Å². The van der Waals surface area contributed by atoms with Gasteiger partial charge in [0.05, 0.1) is 0 Å². The predicted molar refractivity (Wildman–Crippen MR) is 124 cm³/mol. The smallest absolute Gasteiger partial charge is 0.0225 e. The maximum Gasteiger partial charge on any atom is -0.0225 e. The molecule has 1 saturated carbocycles. The third-order valence-corrected chi connectivity index (χ3v) is 8.97. The van der Waals surface area contributed by atoms with Crippen molar-refractivity contribution < 1.29 is 0 Å². The van der Waals surface area contributed by atoms with Crippen LogP contribution in [0, 0.1) is 11.8 Å². The first-order valence-corrected chi connectivity index (χ1v) is 12.5. The van der Waals surface area contributed by atoms with Crippen LogP contribution in [0.2, 0.25) is 0 Å². The second-order valence-corrected chi connectivity index (χ2v) is 11.0. The Bertz CT molecular complexity index is 577. The lowest BCUT2D eigenvalue weighted by Gasteiger charge is -2.29. The van der Waals surface area contributed by atoms with Crippen LogP contribution in [-0.4, -0.2) is 3.51 Å². The van der Waals surface area contributed by atoms with Crippen molar-refractivity contribution in [2.75, 3.05) is 0 Å². The molecule has 0 aromatic heterocycles. The molecule has 0 aromatic rings. The van der Waals surface area contributed by atoms with Crippen molar-refractivity contribution in [3.8, 4) is 0 Å². The molecule has 0 amide bonds. The zero-order valence-electron chi connectivity index (χ0n) is 16.8. The highest BCUT2D eigenvalue weighted by molar-refractivity contribution is 14.2. The Morgan fingerprint density at radius 2 is 1.76 bits per heavy atom. The van der Waals surface area contributed by atoms with Crippen molar-refractivity contribution in [3.05, 3.63) is 45.1 Å². The van der Waals surface area contributed by atoms with Gasteiger partial charge in [-0.05, 0) is 104 Å². The van der Waals surface area contributed by atoms with Crippen LogP contribution >= 0.6 is 20.7 Å². The van der Waals surface area contributed by atoms with E-state index >= 15 is 0 Å². The maximum absolute atomic E-state index is 4.01. The molecule has 0 nitrogen and oxygen atoms in total. The van der Waals surface area contributed by atoms with Crippen LogP contribution in [0.25, 0.3) is 0 Å². The number of hydrogen-bond acceptors (Lipinski definition) is 0. The van der Waals surface area contributed by atoms with Crippen molar-refractivity contribution in [2.45, 2.75) is 85.5 Å². The van der Waals surface area contributed by atoms with Gasteiger partial charge < -0.3 is 0 Å². The fourth-order valence-corrected chi connectivity index (χ4v) is 6.94. The Morgan fingerprint density at radius 3 is 2.32 bits per heavy atom. The standard InChI is InChI=1S/C24H37I/c1-6-21-13-14-24(25-17-21)16-23-11-9-22(10-12-23)15-19(4)7-8-20(5)18(2)3/h7-8,17,22-23H,2,6,9-16H2,1,3-5H3/b19-7+,20-8+. The molecule has 0 radical (unpaired) electrons. The highest BCUT2D eigenvalue weighted by Crippen LogP contribution is 2.36. The molecule has 0 unspecified atom stereocenters. The number of hydrogen-bond donors (Lipinski definition) is 0. The van der Waals surface area contributed by atoms with E-state index < -0.39 is 0 Å². The van der Waals surface area contributed by atoms with E-state index in [1.54, 1.807) is 5.57 Å². The Hall–Kier alpha value is -0.440. The fraction of sp³-hybridized carbons (Fsp3) is 0.625. The van der Waals surface area contributed by atoms with E-state index in [0.717, 1.165) is 11.8 Å². The van der Waals surface area contributed by atoms with E-state index in [9.17, 15) is 0 Å². The molecule has 1 fully saturated rings. The highest BCUT2D eigenvalue weighted by Gasteiger charge is 2.22. The normalized spacial score (nSPS) is 25.8. The van der Waals surface area contributed by atoms with Crippen LogP contribution in [-0.2, 0) is 0 Å². The van der Waals surface area contributed by atoms with Gasteiger partial charge in [0.1, 0.15) is 0 Å². The van der Waals surface area contributed by atoms with E-state index in [0.29, 0.717) is 0 Å². The van der Waals surface area contributed by atoms with Crippen LogP contribution in [0.1, 0.15) is 85.5 Å². The second kappa shape index (κ2) is 10.6. The van der Waals surface area contributed by atoms with Gasteiger partial charge in [0.25, 0.3) is 0 Å². The zero-order valence-corrected chi connectivity index (χ0v) is 19.0. The number of rotatable bonds is 7. The summed E-state index contributed by atoms with van der Waals surface area (Å²) in [5.74, 6) is 1.92. The van der Waals surface area contributed by atoms with Crippen molar-refractivity contribution in [1.29, 1.82) is 0 Å². The van der Waals surface area contributed by atoms with E-state index in [1.807, 2.05) is 3.51 Å². The summed E-state index contributed by atoms with van der Waals surface area (Å²) in [7, 11) is 0. The Labute approximate surface area is 166 Å². The monoisotopic (exact) mass is 452 g/mol. The second-order valence-electron chi connectivity index (χ2n) is 8.19. The molecule has 0 spiro atoms. The first-order valence-electron chi connectivity index (χ1n) is 10.1. The number of halogens is 1. The van der Waals surface area contributed by atoms with Gasteiger partial charge in [-0.2, -0.15) is 0 Å². The Kier molecular flexibility index (Phi) is 8.89. The fourth-order valence-electron chi connectivity index (χ4n) is 3.85. The van der Waals surface area contributed by atoms with Crippen LogP contribution in [0.15, 0.2) is 45.1 Å². The van der Waals surface area contributed by atoms with Gasteiger partial charge in [0, 0.05) is 0 Å². The van der Waals surface area contributed by atoms with Crippen LogP contribution < -0.4 is 0 Å². The topological polar surface area (TPSA) is 0 Å². The summed E-state index contributed by atoms with van der Waals surface area (Å²) in [5, 5.41) is 0. The Balaban J connectivity index is 1.75. The molecule has 2 aliphatic rings. The lowest BCUT2D eigenvalue weighted by Crippen LogP contribution is -2.17. The molecule has 0 N–H and O–H groups in total. The average Bonchev–Trinajstić information content (AvgIpc) is 2.62. The zero-order chi connectivity index (χ0) is 18.2. The van der Waals surface area contributed by atoms with E-state index in [-0.39, 0.29) is 20.7 Å². The van der Waals surface area contributed by atoms with Gasteiger partial charge >= 0.3 is 0 Å². The van der Waals surface area contributed by atoms with Gasteiger partial charge in [-0.25, -0.2) is 0 Å². The predicted octanol–water partition coefficient (Wildman–Crippen LogP) is 8.27. The lowest BCUT2D eigenvalue weighted by molar-refractivity contribution is 0.279. The largest absolute Gasteiger partial charge is 0.0958 e. The number of allylic oxidation sites excluding steroid dienone is 6. The van der Waals surface area contributed by atoms with Crippen molar-refractivity contribution in [2.24, 2.45) is 11.8 Å². The molecule has 2 rings (SSSR count). The van der Waals surface area contributed by atoms with Crippen LogP contribution in [0.4, 0.5) is 0 Å². The molecule has 25 heavy (non-hydrogen) atoms. The molecule has 0 aromatic carbocycles. The van der Waals surface area contributed by atoms with Crippen LogP contribution in [0.5, 0.6) is 0 Å². The summed E-state index contributed by atoms with van der Waals surface area (Å²) in [4.78, 5) is 0.